The number of esters is 1. The number of rotatable bonds is 2. The zero-order valence-electron chi connectivity index (χ0n) is 10.6. The molecule has 3 rings (SSSR count). The molecule has 6 heteroatoms. The Morgan fingerprint density at radius 2 is 2.05 bits per heavy atom. The highest BCUT2D eigenvalue weighted by Crippen LogP contribution is 2.18. The predicted octanol–water partition coefficient (Wildman–Crippen LogP) is 2.32. The summed E-state index contributed by atoms with van der Waals surface area (Å²) in [5.74, 6) is -0.526. The van der Waals surface area contributed by atoms with Crippen LogP contribution in [-0.4, -0.2) is 27.7 Å². The summed E-state index contributed by atoms with van der Waals surface area (Å²) in [6.07, 6.45) is 0. The Bertz CT molecular complexity index is 798. The van der Waals surface area contributed by atoms with Crippen molar-refractivity contribution in [2.24, 2.45) is 0 Å². The maximum Gasteiger partial charge on any atom is 0.356 e. The predicted molar refractivity (Wildman–Crippen MR) is 69.7 cm³/mol. The fourth-order valence-corrected chi connectivity index (χ4v) is 1.91. The van der Waals surface area contributed by atoms with Gasteiger partial charge in [-0.25, -0.2) is 18.7 Å². The summed E-state index contributed by atoms with van der Waals surface area (Å²) in [6.45, 7) is 0. The molecule has 5 nitrogen and oxygen atoms in total. The highest BCUT2D eigenvalue weighted by atomic mass is 19.1. The van der Waals surface area contributed by atoms with E-state index in [9.17, 15) is 9.18 Å². The van der Waals surface area contributed by atoms with Crippen LogP contribution >= 0.6 is 0 Å². The standard InChI is InChI=1S/C14H10FN3O2/c1-20-14(19)11-6-3-7-12-16-13(17-18(11)12)9-4-2-5-10(15)8-9/h2-8H,1H3. The van der Waals surface area contributed by atoms with E-state index in [0.717, 1.165) is 0 Å². The third-order valence-corrected chi connectivity index (χ3v) is 2.84. The number of halogens is 1. The zero-order valence-corrected chi connectivity index (χ0v) is 10.6. The molecule has 20 heavy (non-hydrogen) atoms. The van der Waals surface area contributed by atoms with Crippen LogP contribution in [0.2, 0.25) is 0 Å². The van der Waals surface area contributed by atoms with Gasteiger partial charge in [-0.1, -0.05) is 18.2 Å². The minimum Gasteiger partial charge on any atom is -0.464 e. The fourth-order valence-electron chi connectivity index (χ4n) is 1.91. The highest BCUT2D eigenvalue weighted by Gasteiger charge is 2.14. The molecule has 0 amide bonds. The van der Waals surface area contributed by atoms with Gasteiger partial charge in [0.25, 0.3) is 0 Å². The topological polar surface area (TPSA) is 56.5 Å². The van der Waals surface area contributed by atoms with Crippen LogP contribution in [0.1, 0.15) is 10.5 Å². The van der Waals surface area contributed by atoms with Gasteiger partial charge in [0.2, 0.25) is 0 Å². The Labute approximate surface area is 113 Å². The molecular formula is C14H10FN3O2. The first-order valence-electron chi connectivity index (χ1n) is 5.89. The van der Waals surface area contributed by atoms with Crippen LogP contribution in [0.5, 0.6) is 0 Å². The van der Waals surface area contributed by atoms with Gasteiger partial charge >= 0.3 is 5.97 Å². The number of ether oxygens (including phenoxy) is 1. The molecule has 2 heterocycles. The van der Waals surface area contributed by atoms with Crippen molar-refractivity contribution >= 4 is 11.6 Å². The lowest BCUT2D eigenvalue weighted by Gasteiger charge is -2.00. The third-order valence-electron chi connectivity index (χ3n) is 2.84. The molecule has 0 saturated carbocycles. The van der Waals surface area contributed by atoms with E-state index < -0.39 is 5.97 Å². The summed E-state index contributed by atoms with van der Waals surface area (Å²) in [6, 6.07) is 11.0. The van der Waals surface area contributed by atoms with Gasteiger partial charge in [0, 0.05) is 5.56 Å². The van der Waals surface area contributed by atoms with E-state index >= 15 is 0 Å². The quantitative estimate of drug-likeness (QED) is 0.671. The molecule has 0 radical (unpaired) electrons. The van der Waals surface area contributed by atoms with E-state index in [4.69, 9.17) is 4.74 Å². The molecule has 0 unspecified atom stereocenters. The maximum absolute atomic E-state index is 13.2. The summed E-state index contributed by atoms with van der Waals surface area (Å²) in [7, 11) is 1.30. The lowest BCUT2D eigenvalue weighted by molar-refractivity contribution is 0.0591. The van der Waals surface area contributed by atoms with Gasteiger partial charge in [-0.15, -0.1) is 5.10 Å². The second kappa shape index (κ2) is 4.73. The van der Waals surface area contributed by atoms with Crippen LogP contribution in [-0.2, 0) is 4.74 Å². The van der Waals surface area contributed by atoms with Crippen LogP contribution in [0.4, 0.5) is 4.39 Å². The van der Waals surface area contributed by atoms with Gasteiger partial charge in [-0.05, 0) is 24.3 Å². The number of carbonyl (C=O) groups excluding carboxylic acids is 1. The monoisotopic (exact) mass is 271 g/mol. The van der Waals surface area contributed by atoms with Gasteiger partial charge in [0.1, 0.15) is 5.82 Å². The van der Waals surface area contributed by atoms with E-state index in [2.05, 4.69) is 10.1 Å². The summed E-state index contributed by atoms with van der Waals surface area (Å²) >= 11 is 0. The Balaban J connectivity index is 2.18. The van der Waals surface area contributed by atoms with E-state index in [1.807, 2.05) is 0 Å². The molecule has 1 aromatic carbocycles. The number of fused-ring (bicyclic) bond motifs is 1. The van der Waals surface area contributed by atoms with Crippen molar-refractivity contribution in [1.82, 2.24) is 14.6 Å². The average molecular weight is 271 g/mol. The SMILES string of the molecule is COC(=O)c1cccc2nc(-c3cccc(F)c3)nn12. The Morgan fingerprint density at radius 1 is 1.25 bits per heavy atom. The van der Waals surface area contributed by atoms with Gasteiger partial charge in [0.15, 0.2) is 17.2 Å². The van der Waals surface area contributed by atoms with Crippen molar-refractivity contribution < 1.29 is 13.9 Å². The first-order valence-corrected chi connectivity index (χ1v) is 5.89. The molecule has 100 valence electrons. The molecule has 0 aliphatic heterocycles. The number of pyridine rings is 1. The Hall–Kier alpha value is -2.76. The molecule has 0 atom stereocenters. The summed E-state index contributed by atoms with van der Waals surface area (Å²) < 4.78 is 19.3. The molecule has 0 aliphatic rings. The first kappa shape index (κ1) is 12.3. The van der Waals surface area contributed by atoms with E-state index in [1.54, 1.807) is 30.3 Å². The smallest absolute Gasteiger partial charge is 0.356 e. The zero-order chi connectivity index (χ0) is 14.1. The fraction of sp³-hybridized carbons (Fsp3) is 0.0714. The Kier molecular flexibility index (Phi) is 2.90. The van der Waals surface area contributed by atoms with Gasteiger partial charge < -0.3 is 4.74 Å². The van der Waals surface area contributed by atoms with Gasteiger partial charge in [0.05, 0.1) is 7.11 Å². The van der Waals surface area contributed by atoms with Crippen LogP contribution < -0.4 is 0 Å². The number of carbonyl (C=O) groups is 1. The Morgan fingerprint density at radius 3 is 2.80 bits per heavy atom. The number of benzene rings is 1. The highest BCUT2D eigenvalue weighted by molar-refractivity contribution is 5.88. The molecule has 0 aliphatic carbocycles. The van der Waals surface area contributed by atoms with Crippen LogP contribution in [0, 0.1) is 5.82 Å². The minimum atomic E-state index is -0.508. The molecule has 2 aromatic heterocycles. The number of methoxy groups -OCH3 is 1. The van der Waals surface area contributed by atoms with E-state index in [-0.39, 0.29) is 11.5 Å². The van der Waals surface area contributed by atoms with Crippen LogP contribution in [0.3, 0.4) is 0 Å². The van der Waals surface area contributed by atoms with Crippen molar-refractivity contribution in [2.45, 2.75) is 0 Å². The average Bonchev–Trinajstić information content (AvgIpc) is 2.90. The lowest BCUT2D eigenvalue weighted by Crippen LogP contribution is -2.08. The molecule has 0 bridgehead atoms. The summed E-state index contributed by atoms with van der Waals surface area (Å²) in [5.41, 5.74) is 1.30. The van der Waals surface area contributed by atoms with Crippen LogP contribution in [0.15, 0.2) is 42.5 Å². The normalized spacial score (nSPS) is 10.7. The molecule has 0 fully saturated rings. The lowest BCUT2D eigenvalue weighted by atomic mass is 10.2. The van der Waals surface area contributed by atoms with Crippen LogP contribution in [0.25, 0.3) is 17.0 Å². The number of aromatic nitrogens is 3. The van der Waals surface area contributed by atoms with Crippen molar-refractivity contribution in [3.8, 4) is 11.4 Å². The number of hydrogen-bond acceptors (Lipinski definition) is 4. The van der Waals surface area contributed by atoms with Crippen molar-refractivity contribution in [3.63, 3.8) is 0 Å². The number of nitrogens with zero attached hydrogens (tertiary/aromatic N) is 3. The van der Waals surface area contributed by atoms with E-state index in [1.165, 1.54) is 23.8 Å². The van der Waals surface area contributed by atoms with Crippen molar-refractivity contribution in [1.29, 1.82) is 0 Å². The third kappa shape index (κ3) is 2.01. The molecule has 0 N–H and O–H groups in total. The second-order valence-corrected chi connectivity index (χ2v) is 4.12. The summed E-state index contributed by atoms with van der Waals surface area (Å²) in [5, 5.41) is 4.23. The first-order chi connectivity index (χ1) is 9.69. The second-order valence-electron chi connectivity index (χ2n) is 4.12. The molecule has 0 saturated heterocycles. The molecule has 3 aromatic rings. The largest absolute Gasteiger partial charge is 0.464 e. The number of hydrogen-bond donors (Lipinski definition) is 0. The van der Waals surface area contributed by atoms with Crippen molar-refractivity contribution in [2.75, 3.05) is 7.11 Å². The van der Waals surface area contributed by atoms with E-state index in [0.29, 0.717) is 17.0 Å². The molecule has 0 spiro atoms. The minimum absolute atomic E-state index is 0.264. The summed E-state index contributed by atoms with van der Waals surface area (Å²) in [4.78, 5) is 15.9. The van der Waals surface area contributed by atoms with Crippen molar-refractivity contribution in [3.05, 3.63) is 54.0 Å². The van der Waals surface area contributed by atoms with Gasteiger partial charge in [-0.2, -0.15) is 0 Å². The molecular weight excluding hydrogens is 261 g/mol. The van der Waals surface area contributed by atoms with Gasteiger partial charge in [-0.3, -0.25) is 0 Å². The maximum atomic E-state index is 13.2.